The van der Waals surface area contributed by atoms with Gasteiger partial charge in [-0.25, -0.2) is 0 Å². The molecule has 0 saturated carbocycles. The lowest BCUT2D eigenvalue weighted by Crippen LogP contribution is -2.08. The van der Waals surface area contributed by atoms with E-state index in [0.717, 1.165) is 3.92 Å². The molecule has 2 atom stereocenters. The van der Waals surface area contributed by atoms with Crippen molar-refractivity contribution < 1.29 is 0 Å². The van der Waals surface area contributed by atoms with Crippen LogP contribution >= 0.6 is 56.8 Å². The smallest absolute Gasteiger partial charge is 0.0346 e. The summed E-state index contributed by atoms with van der Waals surface area (Å²) in [7, 11) is 0. The summed E-state index contributed by atoms with van der Waals surface area (Å²) in [4.78, 5) is 0. The minimum atomic E-state index is 0.412. The number of unbranched alkanes of at least 4 members (excludes halogenated alkanes) is 6. The Bertz CT molecular complexity index is 153. The Morgan fingerprint density at radius 3 is 2.12 bits per heavy atom. The van der Waals surface area contributed by atoms with Gasteiger partial charge in [-0.2, -0.15) is 0 Å². The molecule has 0 amide bonds. The summed E-state index contributed by atoms with van der Waals surface area (Å²) in [6.07, 6.45) is 13.4. The highest BCUT2D eigenvalue weighted by Crippen LogP contribution is 2.22. The zero-order valence-electron chi connectivity index (χ0n) is 11.1. The second-order valence-electron chi connectivity index (χ2n) is 4.82. The van der Waals surface area contributed by atoms with Crippen LogP contribution in [0.15, 0.2) is 0 Å². The van der Waals surface area contributed by atoms with E-state index in [4.69, 9.17) is 11.6 Å². The Balaban J connectivity index is 3.24. The molecule has 0 spiro atoms. The van der Waals surface area contributed by atoms with Gasteiger partial charge in [0.2, 0.25) is 0 Å². The van der Waals surface area contributed by atoms with E-state index in [1.807, 2.05) is 0 Å². The van der Waals surface area contributed by atoms with E-state index in [1.165, 1.54) is 68.6 Å². The Morgan fingerprint density at radius 1 is 0.941 bits per heavy atom. The third-order valence-corrected chi connectivity index (χ3v) is 5.21. The summed E-state index contributed by atoms with van der Waals surface area (Å²) in [5.41, 5.74) is 0. The Hall–Kier alpha value is 1.75. The zero-order valence-corrected chi connectivity index (χ0v) is 16.1. The molecule has 0 rings (SSSR count). The average molecular weight is 485 g/mol. The van der Waals surface area contributed by atoms with Crippen molar-refractivity contribution >= 4 is 56.8 Å². The zero-order chi connectivity index (χ0) is 12.9. The highest BCUT2D eigenvalue weighted by atomic mass is 127. The summed E-state index contributed by atoms with van der Waals surface area (Å²) >= 11 is 11.4. The molecule has 0 aromatic heterocycles. The largest absolute Gasteiger partial charge is 0.123 e. The molecule has 0 aromatic carbocycles. The van der Waals surface area contributed by atoms with Gasteiger partial charge < -0.3 is 0 Å². The van der Waals surface area contributed by atoms with Crippen molar-refractivity contribution in [3.05, 3.63) is 0 Å². The predicted molar refractivity (Wildman–Crippen MR) is 98.2 cm³/mol. The van der Waals surface area contributed by atoms with Crippen molar-refractivity contribution in [2.75, 3.05) is 4.43 Å². The van der Waals surface area contributed by atoms with Crippen molar-refractivity contribution in [2.24, 2.45) is 0 Å². The number of hydrogen-bond donors (Lipinski definition) is 0. The first-order chi connectivity index (χ1) is 8.20. The highest BCUT2D eigenvalue weighted by molar-refractivity contribution is 14.1. The van der Waals surface area contributed by atoms with Crippen LogP contribution in [0.1, 0.15) is 71.1 Å². The molecule has 17 heavy (non-hydrogen) atoms. The molecule has 0 fully saturated rings. The number of hydrogen-bond acceptors (Lipinski definition) is 0. The maximum atomic E-state index is 6.37. The first-order valence-corrected chi connectivity index (χ1v) is 10.3. The van der Waals surface area contributed by atoms with Crippen LogP contribution in [0.5, 0.6) is 0 Å². The molecule has 0 radical (unpaired) electrons. The first-order valence-electron chi connectivity index (χ1n) is 7.04. The lowest BCUT2D eigenvalue weighted by Gasteiger charge is -2.13. The van der Waals surface area contributed by atoms with E-state index >= 15 is 0 Å². The average Bonchev–Trinajstić information content (AvgIpc) is 2.28. The van der Waals surface area contributed by atoms with Crippen molar-refractivity contribution in [1.29, 1.82) is 0 Å². The predicted octanol–water partition coefficient (Wildman–Crippen LogP) is 6.75. The van der Waals surface area contributed by atoms with Crippen molar-refractivity contribution in [3.8, 4) is 0 Å². The minimum Gasteiger partial charge on any atom is -0.123 e. The van der Waals surface area contributed by atoms with Crippen LogP contribution in [0.25, 0.3) is 0 Å². The number of alkyl halides is 3. The second kappa shape index (κ2) is 14.2. The fourth-order valence-corrected chi connectivity index (χ4v) is 5.49. The van der Waals surface area contributed by atoms with Gasteiger partial charge in [-0.1, -0.05) is 97.1 Å². The Kier molecular flexibility index (Phi) is 15.6. The summed E-state index contributed by atoms with van der Waals surface area (Å²) in [5.74, 6) is 0. The molecule has 104 valence electrons. The van der Waals surface area contributed by atoms with Gasteiger partial charge in [-0.05, 0) is 19.3 Å². The monoisotopic (exact) mass is 484 g/mol. The Morgan fingerprint density at radius 2 is 1.53 bits per heavy atom. The molecule has 0 bridgehead atoms. The van der Waals surface area contributed by atoms with E-state index < -0.39 is 0 Å². The van der Waals surface area contributed by atoms with E-state index in [9.17, 15) is 0 Å². The molecule has 2 unspecified atom stereocenters. The third-order valence-electron chi connectivity index (χ3n) is 3.05. The fourth-order valence-electron chi connectivity index (χ4n) is 1.95. The van der Waals surface area contributed by atoms with E-state index in [1.54, 1.807) is 0 Å². The maximum Gasteiger partial charge on any atom is 0.0346 e. The summed E-state index contributed by atoms with van der Waals surface area (Å²) in [6.45, 7) is 2.27. The normalized spacial score (nSPS) is 14.8. The van der Waals surface area contributed by atoms with Crippen LogP contribution in [0, 0.1) is 0 Å². The molecule has 3 heteroatoms. The van der Waals surface area contributed by atoms with E-state index in [2.05, 4.69) is 52.1 Å². The van der Waals surface area contributed by atoms with Gasteiger partial charge >= 0.3 is 0 Å². The highest BCUT2D eigenvalue weighted by Gasteiger charge is 2.10. The topological polar surface area (TPSA) is 0 Å². The van der Waals surface area contributed by atoms with Crippen LogP contribution in [0.4, 0.5) is 0 Å². The molecule has 0 aliphatic rings. The SMILES string of the molecule is CCCCCCCCCC(Cl)CC(I)CCI. The van der Waals surface area contributed by atoms with Gasteiger partial charge in [0.25, 0.3) is 0 Å². The molecule has 0 heterocycles. The molecule has 0 aliphatic carbocycles. The molecule has 0 aromatic rings. The van der Waals surface area contributed by atoms with Crippen molar-refractivity contribution in [2.45, 2.75) is 80.4 Å². The molecule has 0 aliphatic heterocycles. The Labute approximate surface area is 140 Å². The van der Waals surface area contributed by atoms with E-state index in [-0.39, 0.29) is 0 Å². The van der Waals surface area contributed by atoms with Gasteiger partial charge in [-0.3, -0.25) is 0 Å². The van der Waals surface area contributed by atoms with Crippen LogP contribution in [-0.2, 0) is 0 Å². The molecular weight excluding hydrogens is 457 g/mol. The fraction of sp³-hybridized carbons (Fsp3) is 1.00. The molecular formula is C14H27ClI2. The van der Waals surface area contributed by atoms with Crippen molar-refractivity contribution in [3.63, 3.8) is 0 Å². The van der Waals surface area contributed by atoms with Gasteiger partial charge in [0.05, 0.1) is 0 Å². The number of halogens is 3. The van der Waals surface area contributed by atoms with Gasteiger partial charge in [0, 0.05) is 13.7 Å². The third kappa shape index (κ3) is 14.0. The summed E-state index contributed by atoms with van der Waals surface area (Å²) in [5, 5.41) is 0.412. The second-order valence-corrected chi connectivity index (χ2v) is 8.28. The summed E-state index contributed by atoms with van der Waals surface area (Å²) < 4.78 is 2.03. The van der Waals surface area contributed by atoms with Crippen LogP contribution < -0.4 is 0 Å². The standard InChI is InChI=1S/C14H27ClI2/c1-2-3-4-5-6-7-8-9-13(15)12-14(17)10-11-16/h13-14H,2-12H2,1H3. The van der Waals surface area contributed by atoms with Crippen LogP contribution in [0.2, 0.25) is 0 Å². The first kappa shape index (κ1) is 18.8. The van der Waals surface area contributed by atoms with Crippen molar-refractivity contribution in [1.82, 2.24) is 0 Å². The quantitative estimate of drug-likeness (QED) is 0.163. The van der Waals surface area contributed by atoms with Crippen LogP contribution in [-0.4, -0.2) is 13.7 Å². The van der Waals surface area contributed by atoms with Gasteiger partial charge in [-0.15, -0.1) is 11.6 Å². The van der Waals surface area contributed by atoms with Crippen LogP contribution in [0.3, 0.4) is 0 Å². The molecule has 0 saturated heterocycles. The number of rotatable bonds is 12. The lowest BCUT2D eigenvalue weighted by atomic mass is 10.1. The van der Waals surface area contributed by atoms with Gasteiger partial charge in [0.15, 0.2) is 0 Å². The minimum absolute atomic E-state index is 0.412. The maximum absolute atomic E-state index is 6.37. The van der Waals surface area contributed by atoms with Gasteiger partial charge in [0.1, 0.15) is 0 Å². The lowest BCUT2D eigenvalue weighted by molar-refractivity contribution is 0.557. The van der Waals surface area contributed by atoms with E-state index in [0.29, 0.717) is 5.38 Å². The summed E-state index contributed by atoms with van der Waals surface area (Å²) in [6, 6.07) is 0. The molecule has 0 N–H and O–H groups in total. The molecule has 0 nitrogen and oxygen atoms in total.